The second kappa shape index (κ2) is 7.53. The highest BCUT2D eigenvalue weighted by Crippen LogP contribution is 2.17. The summed E-state index contributed by atoms with van der Waals surface area (Å²) in [5, 5.41) is 3.96. The van der Waals surface area contributed by atoms with Crippen LogP contribution in [0.3, 0.4) is 0 Å². The number of hydrogen-bond donors (Lipinski definition) is 1. The van der Waals surface area contributed by atoms with Crippen LogP contribution < -0.4 is 5.32 Å². The molecule has 0 saturated heterocycles. The second-order valence-corrected chi connectivity index (χ2v) is 5.43. The molecule has 0 spiro atoms. The van der Waals surface area contributed by atoms with Gasteiger partial charge in [0.1, 0.15) is 11.6 Å². The molecule has 0 radical (unpaired) electrons. The minimum absolute atomic E-state index is 0.0254. The molecule has 0 amide bonds. The molecule has 0 aromatic heterocycles. The van der Waals surface area contributed by atoms with E-state index in [0.29, 0.717) is 17.9 Å². The van der Waals surface area contributed by atoms with Crippen molar-refractivity contribution in [3.8, 4) is 0 Å². The summed E-state index contributed by atoms with van der Waals surface area (Å²) in [6.07, 6.45) is 1.01. The first-order valence-electron chi connectivity index (χ1n) is 7.01. The lowest BCUT2D eigenvalue weighted by Gasteiger charge is -2.19. The largest absolute Gasteiger partial charge is 0.314 e. The van der Waals surface area contributed by atoms with Gasteiger partial charge in [0.2, 0.25) is 0 Å². The van der Waals surface area contributed by atoms with Gasteiger partial charge in [-0.2, -0.15) is 0 Å². The Morgan fingerprint density at radius 1 is 1.00 bits per heavy atom. The summed E-state index contributed by atoms with van der Waals surface area (Å²) in [6, 6.07) is 11.5. The number of rotatable bonds is 6. The molecule has 1 N–H and O–H groups in total. The zero-order valence-corrected chi connectivity index (χ0v) is 12.6. The van der Waals surface area contributed by atoms with Crippen molar-refractivity contribution in [2.45, 2.75) is 25.8 Å². The molecule has 0 heterocycles. The van der Waals surface area contributed by atoms with Gasteiger partial charge in [-0.25, -0.2) is 8.78 Å². The van der Waals surface area contributed by atoms with E-state index in [-0.39, 0.29) is 11.6 Å². The lowest BCUT2D eigenvalue weighted by molar-refractivity contribution is 0.484. The lowest BCUT2D eigenvalue weighted by atomic mass is 9.98. The standard InChI is InChI=1S/C17H18ClF2N/c1-2-21-14(10-12-6-8-13(18)9-7-12)11-15-16(19)4-3-5-17(15)20/h3-9,14,21H,2,10-11H2,1H3. The average molecular weight is 310 g/mol. The van der Waals surface area contributed by atoms with E-state index in [0.717, 1.165) is 12.1 Å². The van der Waals surface area contributed by atoms with E-state index in [4.69, 9.17) is 11.6 Å². The fourth-order valence-corrected chi connectivity index (χ4v) is 2.51. The van der Waals surface area contributed by atoms with Crippen molar-refractivity contribution in [1.29, 1.82) is 0 Å². The number of halogens is 3. The van der Waals surface area contributed by atoms with Gasteiger partial charge in [-0.3, -0.25) is 0 Å². The first-order chi connectivity index (χ1) is 10.1. The monoisotopic (exact) mass is 309 g/mol. The molecule has 1 nitrogen and oxygen atoms in total. The summed E-state index contributed by atoms with van der Waals surface area (Å²) in [5.74, 6) is -0.983. The number of benzene rings is 2. The molecule has 0 aliphatic carbocycles. The van der Waals surface area contributed by atoms with Crippen molar-refractivity contribution in [1.82, 2.24) is 5.32 Å². The summed E-state index contributed by atoms with van der Waals surface area (Å²) in [6.45, 7) is 2.72. The number of hydrogen-bond acceptors (Lipinski definition) is 1. The Labute approximate surface area is 128 Å². The summed E-state index contributed by atoms with van der Waals surface area (Å²) in [4.78, 5) is 0. The van der Waals surface area contributed by atoms with E-state index < -0.39 is 11.6 Å². The minimum atomic E-state index is -0.492. The molecular weight excluding hydrogens is 292 g/mol. The maximum absolute atomic E-state index is 13.8. The highest BCUT2D eigenvalue weighted by molar-refractivity contribution is 6.30. The number of nitrogens with one attached hydrogen (secondary N) is 1. The molecular formula is C17H18ClF2N. The van der Waals surface area contributed by atoms with Gasteiger partial charge in [0.15, 0.2) is 0 Å². The Bertz CT molecular complexity index is 564. The maximum Gasteiger partial charge on any atom is 0.129 e. The quantitative estimate of drug-likeness (QED) is 0.835. The predicted octanol–water partition coefficient (Wildman–Crippen LogP) is 4.38. The molecule has 1 atom stereocenters. The molecule has 2 rings (SSSR count). The van der Waals surface area contributed by atoms with Crippen LogP contribution in [0.1, 0.15) is 18.1 Å². The summed E-state index contributed by atoms with van der Waals surface area (Å²) < 4.78 is 27.5. The van der Waals surface area contributed by atoms with Crippen LogP contribution in [0.15, 0.2) is 42.5 Å². The topological polar surface area (TPSA) is 12.0 Å². The fraction of sp³-hybridized carbons (Fsp3) is 0.294. The van der Waals surface area contributed by atoms with Crippen LogP contribution in [0.5, 0.6) is 0 Å². The van der Waals surface area contributed by atoms with Gasteiger partial charge in [-0.15, -0.1) is 0 Å². The minimum Gasteiger partial charge on any atom is -0.314 e. The fourth-order valence-electron chi connectivity index (χ4n) is 2.38. The zero-order valence-electron chi connectivity index (χ0n) is 11.9. The Morgan fingerprint density at radius 3 is 2.19 bits per heavy atom. The molecule has 2 aromatic rings. The third kappa shape index (κ3) is 4.51. The van der Waals surface area contributed by atoms with Gasteiger partial charge >= 0.3 is 0 Å². The second-order valence-electron chi connectivity index (χ2n) is 4.99. The Balaban J connectivity index is 2.13. The van der Waals surface area contributed by atoms with Gasteiger partial charge in [0.25, 0.3) is 0 Å². The van der Waals surface area contributed by atoms with E-state index in [2.05, 4.69) is 5.32 Å². The Morgan fingerprint density at radius 2 is 1.62 bits per heavy atom. The van der Waals surface area contributed by atoms with Gasteiger partial charge < -0.3 is 5.32 Å². The molecule has 1 unspecified atom stereocenters. The van der Waals surface area contributed by atoms with Crippen LogP contribution >= 0.6 is 11.6 Å². The molecule has 21 heavy (non-hydrogen) atoms. The van der Waals surface area contributed by atoms with Crippen molar-refractivity contribution in [2.75, 3.05) is 6.54 Å². The van der Waals surface area contributed by atoms with Crippen molar-refractivity contribution in [3.63, 3.8) is 0 Å². The molecule has 0 aliphatic rings. The van der Waals surface area contributed by atoms with Crippen LogP contribution in [0.2, 0.25) is 5.02 Å². The first kappa shape index (κ1) is 15.9. The molecule has 0 fully saturated rings. The Hall–Kier alpha value is -1.45. The van der Waals surface area contributed by atoms with Gasteiger partial charge in [-0.1, -0.05) is 36.7 Å². The van der Waals surface area contributed by atoms with E-state index in [1.54, 1.807) is 0 Å². The van der Waals surface area contributed by atoms with E-state index in [9.17, 15) is 8.78 Å². The smallest absolute Gasteiger partial charge is 0.129 e. The van der Waals surface area contributed by atoms with Crippen molar-refractivity contribution in [2.24, 2.45) is 0 Å². The normalized spacial score (nSPS) is 12.4. The van der Waals surface area contributed by atoms with Gasteiger partial charge in [0.05, 0.1) is 0 Å². The maximum atomic E-state index is 13.8. The van der Waals surface area contributed by atoms with E-state index >= 15 is 0 Å². The molecule has 112 valence electrons. The molecule has 2 aromatic carbocycles. The highest BCUT2D eigenvalue weighted by atomic mass is 35.5. The predicted molar refractivity (Wildman–Crippen MR) is 82.7 cm³/mol. The summed E-state index contributed by atoms with van der Waals surface area (Å²) in [5.41, 5.74) is 1.22. The van der Waals surface area contributed by atoms with Crippen LogP contribution in [0.25, 0.3) is 0 Å². The summed E-state index contributed by atoms with van der Waals surface area (Å²) >= 11 is 5.87. The molecule has 0 aliphatic heterocycles. The van der Waals surface area contributed by atoms with Crippen molar-refractivity contribution < 1.29 is 8.78 Å². The van der Waals surface area contributed by atoms with E-state index in [1.807, 2.05) is 31.2 Å². The molecule has 0 saturated carbocycles. The SMILES string of the molecule is CCNC(Cc1ccc(Cl)cc1)Cc1c(F)cccc1F. The van der Waals surface area contributed by atoms with Gasteiger partial charge in [-0.05, 0) is 49.2 Å². The summed E-state index contributed by atoms with van der Waals surface area (Å²) in [7, 11) is 0. The van der Waals surface area contributed by atoms with Crippen LogP contribution in [0, 0.1) is 11.6 Å². The molecule has 4 heteroatoms. The first-order valence-corrected chi connectivity index (χ1v) is 7.38. The van der Waals surface area contributed by atoms with Gasteiger partial charge in [0, 0.05) is 16.6 Å². The highest BCUT2D eigenvalue weighted by Gasteiger charge is 2.15. The lowest BCUT2D eigenvalue weighted by Crippen LogP contribution is -2.33. The third-order valence-corrected chi connectivity index (χ3v) is 3.65. The van der Waals surface area contributed by atoms with Crippen molar-refractivity contribution in [3.05, 3.63) is 70.2 Å². The van der Waals surface area contributed by atoms with E-state index in [1.165, 1.54) is 18.2 Å². The van der Waals surface area contributed by atoms with Crippen LogP contribution in [-0.4, -0.2) is 12.6 Å². The number of likely N-dealkylation sites (N-methyl/N-ethyl adjacent to an activating group) is 1. The Kier molecular flexibility index (Phi) is 5.71. The van der Waals surface area contributed by atoms with Crippen LogP contribution in [-0.2, 0) is 12.8 Å². The molecule has 0 bridgehead atoms. The average Bonchev–Trinajstić information content (AvgIpc) is 2.45. The third-order valence-electron chi connectivity index (χ3n) is 3.40. The zero-order chi connectivity index (χ0) is 15.2. The van der Waals surface area contributed by atoms with Crippen molar-refractivity contribution >= 4 is 11.6 Å². The van der Waals surface area contributed by atoms with Crippen LogP contribution in [0.4, 0.5) is 8.78 Å².